The smallest absolute Gasteiger partial charge is 0.191 e. The Bertz CT molecular complexity index is 639. The third-order valence-electron chi connectivity index (χ3n) is 6.25. The molecule has 184 valence electrons. The molecule has 0 aliphatic heterocycles. The van der Waals surface area contributed by atoms with Crippen molar-refractivity contribution in [3.63, 3.8) is 0 Å². The fourth-order valence-corrected chi connectivity index (χ4v) is 21.0. The van der Waals surface area contributed by atoms with Crippen molar-refractivity contribution >= 4 is 38.1 Å². The van der Waals surface area contributed by atoms with Crippen molar-refractivity contribution < 1.29 is 4.43 Å². The minimum atomic E-state index is -1.80. The van der Waals surface area contributed by atoms with Crippen LogP contribution in [-0.4, -0.2) is 29.9 Å². The van der Waals surface area contributed by atoms with E-state index >= 15 is 0 Å². The van der Waals surface area contributed by atoms with Gasteiger partial charge in [0.05, 0.1) is 21.6 Å². The van der Waals surface area contributed by atoms with Gasteiger partial charge in [-0.1, -0.05) is 108 Å². The highest BCUT2D eigenvalue weighted by atomic mass is 31.1. The minimum absolute atomic E-state index is 0.0490. The zero-order valence-electron chi connectivity index (χ0n) is 24.6. The van der Waals surface area contributed by atoms with Gasteiger partial charge in [0.1, 0.15) is 0 Å². The summed E-state index contributed by atoms with van der Waals surface area (Å²) < 4.78 is 6.83. The maximum atomic E-state index is 6.83. The van der Waals surface area contributed by atoms with Crippen LogP contribution in [0.4, 0.5) is 0 Å². The Morgan fingerprint density at radius 3 is 1.19 bits per heavy atom. The van der Waals surface area contributed by atoms with Crippen molar-refractivity contribution in [3.05, 3.63) is 10.1 Å². The average Bonchev–Trinajstić information content (AvgIpc) is 2.43. The maximum absolute atomic E-state index is 6.83. The van der Waals surface area contributed by atoms with E-state index in [-0.39, 0.29) is 10.8 Å². The van der Waals surface area contributed by atoms with Crippen LogP contribution >= 0.6 is 8.20 Å². The fraction of sp³-hybridized carbons (Fsp3) is 0.885. The molecule has 1 nitrogen and oxygen atoms in total. The van der Waals surface area contributed by atoms with E-state index in [1.165, 1.54) is 13.7 Å². The monoisotopic (exact) mass is 500 g/mol. The summed E-state index contributed by atoms with van der Waals surface area (Å²) in [4.78, 5) is 1.77. The van der Waals surface area contributed by atoms with Crippen molar-refractivity contribution in [2.24, 2.45) is 10.8 Å². The minimum Gasteiger partial charge on any atom is -0.385 e. The van der Waals surface area contributed by atoms with E-state index in [4.69, 9.17) is 4.43 Å². The first kappa shape index (κ1) is 31.5. The van der Waals surface area contributed by atoms with Gasteiger partial charge in [0.15, 0.2) is 8.32 Å². The van der Waals surface area contributed by atoms with Crippen LogP contribution < -0.4 is 0 Å². The molecule has 0 unspecified atom stereocenters. The van der Waals surface area contributed by atoms with Crippen LogP contribution in [0.2, 0.25) is 55.9 Å². The molecule has 0 aromatic rings. The summed E-state index contributed by atoms with van der Waals surface area (Å²) in [5.74, 6) is 0. The average molecular weight is 501 g/mol. The normalized spacial score (nSPS) is 16.5. The van der Waals surface area contributed by atoms with Gasteiger partial charge in [0, 0.05) is 5.41 Å². The number of allylic oxidation sites excluding steroid dienone is 1. The second-order valence-electron chi connectivity index (χ2n) is 14.5. The fourth-order valence-electron chi connectivity index (χ4n) is 5.41. The van der Waals surface area contributed by atoms with E-state index in [0.717, 1.165) is 16.6 Å². The molecule has 0 heterocycles. The lowest BCUT2D eigenvalue weighted by Crippen LogP contribution is -2.52. The number of hydrogen-bond donors (Lipinski definition) is 0. The lowest BCUT2D eigenvalue weighted by atomic mass is 9.97. The van der Waals surface area contributed by atoms with Gasteiger partial charge >= 0.3 is 0 Å². The summed E-state index contributed by atoms with van der Waals surface area (Å²) in [6.07, 6.45) is 0. The van der Waals surface area contributed by atoms with Crippen molar-refractivity contribution in [1.82, 2.24) is 0 Å². The van der Waals surface area contributed by atoms with Gasteiger partial charge in [-0.25, -0.2) is 0 Å². The van der Waals surface area contributed by atoms with Gasteiger partial charge < -0.3 is 4.43 Å². The maximum Gasteiger partial charge on any atom is 0.191 e. The lowest BCUT2D eigenvalue weighted by Gasteiger charge is -2.51. The van der Waals surface area contributed by atoms with Crippen LogP contribution in [0.5, 0.6) is 0 Å². The predicted molar refractivity (Wildman–Crippen MR) is 157 cm³/mol. The summed E-state index contributed by atoms with van der Waals surface area (Å²) in [5, 5.41) is 1.86. The first-order valence-corrected chi connectivity index (χ1v) is 22.5. The predicted octanol–water partition coefficient (Wildman–Crippen LogP) is 10.4. The Labute approximate surface area is 202 Å². The highest BCUT2D eigenvalue weighted by molar-refractivity contribution is 7.50. The van der Waals surface area contributed by atoms with Gasteiger partial charge in [-0.05, 0) is 54.8 Å². The van der Waals surface area contributed by atoms with E-state index in [1.807, 2.05) is 5.20 Å². The number of rotatable bonds is 8. The van der Waals surface area contributed by atoms with Crippen LogP contribution in [-0.2, 0) is 4.43 Å². The molecule has 0 fully saturated rings. The molecular formula is C26H57OPSi3. The second kappa shape index (κ2) is 10.4. The third-order valence-corrected chi connectivity index (χ3v) is 20.7. The molecule has 0 radical (unpaired) electrons. The summed E-state index contributed by atoms with van der Waals surface area (Å²) >= 11 is 0. The molecule has 0 atom stereocenters. The van der Waals surface area contributed by atoms with Crippen LogP contribution in [0, 0.1) is 10.8 Å². The van der Waals surface area contributed by atoms with Crippen LogP contribution in [0.1, 0.15) is 83.1 Å². The molecule has 0 N–H and O–H groups in total. The molecule has 0 saturated carbocycles. The van der Waals surface area contributed by atoms with E-state index in [1.54, 1.807) is 4.94 Å². The van der Waals surface area contributed by atoms with Crippen molar-refractivity contribution in [2.45, 2.75) is 139 Å². The molecule has 0 bridgehead atoms. The van der Waals surface area contributed by atoms with E-state index in [9.17, 15) is 0 Å². The Morgan fingerprint density at radius 2 is 1.00 bits per heavy atom. The lowest BCUT2D eigenvalue weighted by molar-refractivity contribution is 0.447. The Kier molecular flexibility index (Phi) is 10.6. The SMILES string of the molecule is CC(C)[Si](/C(=C(\P=C(O[Si](C)(C)C)C(C)(C)C)[Si](C)(C)C)C(C)(C)C)(C(C)C)C(C)C. The van der Waals surface area contributed by atoms with E-state index in [2.05, 4.69) is 122 Å². The molecule has 5 heteroatoms. The Balaban J connectivity index is 7.84. The van der Waals surface area contributed by atoms with Gasteiger partial charge in [0.2, 0.25) is 0 Å². The molecule has 0 aromatic heterocycles. The van der Waals surface area contributed by atoms with Crippen molar-refractivity contribution in [1.29, 1.82) is 0 Å². The molecule has 0 spiro atoms. The summed E-state index contributed by atoms with van der Waals surface area (Å²) in [6, 6.07) is 0. The van der Waals surface area contributed by atoms with Gasteiger partial charge in [-0.15, -0.1) is 0 Å². The highest BCUT2D eigenvalue weighted by Gasteiger charge is 2.51. The first-order chi connectivity index (χ1) is 13.4. The Morgan fingerprint density at radius 1 is 0.645 bits per heavy atom. The molecule has 0 aliphatic rings. The largest absolute Gasteiger partial charge is 0.385 e. The molecule has 31 heavy (non-hydrogen) atoms. The zero-order chi connectivity index (χ0) is 25.4. The Hall–Kier alpha value is 0.521. The molecule has 0 aliphatic carbocycles. The van der Waals surface area contributed by atoms with Crippen LogP contribution in [0.15, 0.2) is 10.1 Å². The van der Waals surface area contributed by atoms with Crippen molar-refractivity contribution in [3.8, 4) is 0 Å². The standard InChI is InChI=1S/C26H57OPSi3/c1-19(2)31(20(3)4,21(5)6)22(25(7,8)9)23(29(13,14)15)28-24(26(10,11)12)27-30(16,17)18/h19-21H,1-18H3/b23-22+. The quantitative estimate of drug-likeness (QED) is 0.238. The molecule has 0 amide bonds. The zero-order valence-corrected chi connectivity index (χ0v) is 28.5. The molecule has 0 aromatic carbocycles. The molecule has 0 rings (SSSR count). The molecular weight excluding hydrogens is 444 g/mol. The first-order valence-electron chi connectivity index (χ1n) is 12.4. The van der Waals surface area contributed by atoms with Crippen LogP contribution in [0.3, 0.4) is 0 Å². The van der Waals surface area contributed by atoms with Gasteiger partial charge in [-0.3, -0.25) is 0 Å². The molecule has 0 saturated heterocycles. The van der Waals surface area contributed by atoms with E-state index < -0.39 is 24.5 Å². The van der Waals surface area contributed by atoms with Crippen molar-refractivity contribution in [2.75, 3.05) is 0 Å². The number of hydrogen-bond acceptors (Lipinski definition) is 1. The van der Waals surface area contributed by atoms with Gasteiger partial charge in [0.25, 0.3) is 0 Å². The summed E-state index contributed by atoms with van der Waals surface area (Å²) in [6.45, 7) is 44.3. The third kappa shape index (κ3) is 8.05. The highest BCUT2D eigenvalue weighted by Crippen LogP contribution is 2.55. The summed E-state index contributed by atoms with van der Waals surface area (Å²) in [5.41, 5.74) is 3.69. The van der Waals surface area contributed by atoms with Gasteiger partial charge in [-0.2, -0.15) is 0 Å². The second-order valence-corrected chi connectivity index (χ2v) is 31.3. The van der Waals surface area contributed by atoms with Crippen LogP contribution in [0.25, 0.3) is 0 Å². The van der Waals surface area contributed by atoms with E-state index in [0.29, 0.717) is 0 Å². The topological polar surface area (TPSA) is 9.23 Å². The summed E-state index contributed by atoms with van der Waals surface area (Å²) in [7, 11) is -3.72.